The van der Waals surface area contributed by atoms with Gasteiger partial charge in [0.1, 0.15) is 5.82 Å². The van der Waals surface area contributed by atoms with Crippen LogP contribution in [0.1, 0.15) is 51.4 Å². The normalized spacial score (nSPS) is 14.2. The lowest BCUT2D eigenvalue weighted by atomic mass is 9.81. The summed E-state index contributed by atoms with van der Waals surface area (Å²) in [5.41, 5.74) is 3.70. The molecule has 110 valence electrons. The minimum Gasteiger partial charge on any atom is -0.326 e. The van der Waals surface area contributed by atoms with Crippen LogP contribution in [-0.4, -0.2) is 9.55 Å². The molecule has 20 heavy (non-hydrogen) atoms. The monoisotopic (exact) mass is 292 g/mol. The van der Waals surface area contributed by atoms with Crippen molar-refractivity contribution in [2.45, 2.75) is 53.5 Å². The Morgan fingerprint density at radius 2 is 1.90 bits per heavy atom. The second-order valence-corrected chi connectivity index (χ2v) is 7.46. The molecule has 0 aliphatic heterocycles. The van der Waals surface area contributed by atoms with E-state index in [0.717, 1.165) is 17.9 Å². The molecule has 1 aromatic heterocycles. The molecule has 0 fully saturated rings. The van der Waals surface area contributed by atoms with Gasteiger partial charge in [-0.15, -0.1) is 11.6 Å². The first-order valence-electron chi connectivity index (χ1n) is 7.33. The fourth-order valence-corrected chi connectivity index (χ4v) is 2.48. The van der Waals surface area contributed by atoms with Crippen LogP contribution in [0.2, 0.25) is 0 Å². The molecule has 0 radical (unpaired) electrons. The minimum absolute atomic E-state index is 0.0781. The number of halogens is 1. The number of aromatic nitrogens is 2. The lowest BCUT2D eigenvalue weighted by Crippen LogP contribution is -2.26. The van der Waals surface area contributed by atoms with Gasteiger partial charge >= 0.3 is 0 Å². The first-order valence-corrected chi connectivity index (χ1v) is 7.77. The summed E-state index contributed by atoms with van der Waals surface area (Å²) in [7, 11) is 0. The SMILES string of the molecule is Cc1ccc2nc(C(C)Cl)n(CC(C)(C)C(C)C)c2c1. The summed E-state index contributed by atoms with van der Waals surface area (Å²) in [5.74, 6) is 1.57. The van der Waals surface area contributed by atoms with Crippen LogP contribution in [0.15, 0.2) is 18.2 Å². The van der Waals surface area contributed by atoms with Crippen molar-refractivity contribution >= 4 is 22.6 Å². The van der Waals surface area contributed by atoms with E-state index in [0.29, 0.717) is 5.92 Å². The molecule has 0 spiro atoms. The fraction of sp³-hybridized carbons (Fsp3) is 0.588. The van der Waals surface area contributed by atoms with Crippen LogP contribution in [0.4, 0.5) is 0 Å². The van der Waals surface area contributed by atoms with Crippen molar-refractivity contribution in [3.63, 3.8) is 0 Å². The van der Waals surface area contributed by atoms with E-state index in [1.165, 1.54) is 11.1 Å². The molecule has 1 heterocycles. The predicted molar refractivity (Wildman–Crippen MR) is 87.4 cm³/mol. The topological polar surface area (TPSA) is 17.8 Å². The molecule has 0 amide bonds. The first kappa shape index (κ1) is 15.4. The standard InChI is InChI=1S/C17H25ClN2/c1-11(2)17(5,6)10-20-15-9-12(3)7-8-14(15)19-16(20)13(4)18/h7-9,11,13H,10H2,1-6H3. The number of alkyl halides is 1. The van der Waals surface area contributed by atoms with Crippen LogP contribution in [0.5, 0.6) is 0 Å². The lowest BCUT2D eigenvalue weighted by molar-refractivity contribution is 0.210. The van der Waals surface area contributed by atoms with Gasteiger partial charge in [0.2, 0.25) is 0 Å². The van der Waals surface area contributed by atoms with Crippen molar-refractivity contribution in [2.24, 2.45) is 11.3 Å². The van der Waals surface area contributed by atoms with E-state index in [2.05, 4.69) is 57.4 Å². The molecule has 1 unspecified atom stereocenters. The fourth-order valence-electron chi connectivity index (χ4n) is 2.31. The number of hydrogen-bond acceptors (Lipinski definition) is 1. The van der Waals surface area contributed by atoms with Crippen LogP contribution in [-0.2, 0) is 6.54 Å². The van der Waals surface area contributed by atoms with E-state index >= 15 is 0 Å². The third-order valence-electron chi connectivity index (χ3n) is 4.42. The Morgan fingerprint density at radius 3 is 2.45 bits per heavy atom. The van der Waals surface area contributed by atoms with E-state index in [1.54, 1.807) is 0 Å². The van der Waals surface area contributed by atoms with Gasteiger partial charge in [-0.2, -0.15) is 0 Å². The van der Waals surface area contributed by atoms with Gasteiger partial charge in [0, 0.05) is 6.54 Å². The molecule has 0 aliphatic carbocycles. The average Bonchev–Trinajstić information content (AvgIpc) is 2.67. The Kier molecular flexibility index (Phi) is 4.15. The third kappa shape index (κ3) is 2.85. The summed E-state index contributed by atoms with van der Waals surface area (Å²) in [6, 6.07) is 6.41. The van der Waals surface area contributed by atoms with Crippen molar-refractivity contribution in [3.8, 4) is 0 Å². The van der Waals surface area contributed by atoms with E-state index in [-0.39, 0.29) is 10.8 Å². The molecule has 1 aromatic carbocycles. The van der Waals surface area contributed by atoms with Gasteiger partial charge in [0.25, 0.3) is 0 Å². The Hall–Kier alpha value is -1.02. The molecule has 0 N–H and O–H groups in total. The van der Waals surface area contributed by atoms with Crippen molar-refractivity contribution < 1.29 is 0 Å². The highest BCUT2D eigenvalue weighted by atomic mass is 35.5. The molecule has 2 rings (SSSR count). The number of rotatable bonds is 4. The molecule has 0 aliphatic rings. The second-order valence-electron chi connectivity index (χ2n) is 6.81. The zero-order valence-corrected chi connectivity index (χ0v) is 14.1. The molecule has 2 aromatic rings. The highest BCUT2D eigenvalue weighted by Gasteiger charge is 2.26. The Balaban J connectivity index is 2.59. The zero-order valence-electron chi connectivity index (χ0n) is 13.4. The smallest absolute Gasteiger partial charge is 0.127 e. The maximum absolute atomic E-state index is 6.34. The Morgan fingerprint density at radius 1 is 1.25 bits per heavy atom. The lowest BCUT2D eigenvalue weighted by Gasteiger charge is -2.31. The molecular formula is C17H25ClN2. The van der Waals surface area contributed by atoms with Crippen LogP contribution in [0.25, 0.3) is 11.0 Å². The summed E-state index contributed by atoms with van der Waals surface area (Å²) >= 11 is 6.34. The number of fused-ring (bicyclic) bond motifs is 1. The van der Waals surface area contributed by atoms with Gasteiger partial charge in [-0.05, 0) is 42.9 Å². The molecule has 2 nitrogen and oxygen atoms in total. The minimum atomic E-state index is -0.0781. The summed E-state index contributed by atoms with van der Waals surface area (Å²) in [5, 5.41) is -0.0781. The van der Waals surface area contributed by atoms with E-state index in [4.69, 9.17) is 16.6 Å². The summed E-state index contributed by atoms with van der Waals surface area (Å²) in [6.45, 7) is 14.2. The highest BCUT2D eigenvalue weighted by molar-refractivity contribution is 6.20. The number of nitrogens with zero attached hydrogens (tertiary/aromatic N) is 2. The van der Waals surface area contributed by atoms with Crippen molar-refractivity contribution in [1.29, 1.82) is 0 Å². The van der Waals surface area contributed by atoms with E-state index in [1.807, 2.05) is 6.92 Å². The van der Waals surface area contributed by atoms with Gasteiger partial charge < -0.3 is 4.57 Å². The van der Waals surface area contributed by atoms with Gasteiger partial charge in [-0.25, -0.2) is 4.98 Å². The molecule has 1 atom stereocenters. The maximum atomic E-state index is 6.34. The summed E-state index contributed by atoms with van der Waals surface area (Å²) in [4.78, 5) is 4.73. The quantitative estimate of drug-likeness (QED) is 0.697. The molecular weight excluding hydrogens is 268 g/mol. The first-order chi connectivity index (χ1) is 9.22. The zero-order chi connectivity index (χ0) is 15.1. The van der Waals surface area contributed by atoms with Crippen LogP contribution in [0.3, 0.4) is 0 Å². The van der Waals surface area contributed by atoms with Crippen LogP contribution in [0, 0.1) is 18.3 Å². The Bertz CT molecular complexity index is 609. The van der Waals surface area contributed by atoms with Gasteiger partial charge in [-0.3, -0.25) is 0 Å². The predicted octanol–water partition coefficient (Wildman–Crippen LogP) is 5.33. The summed E-state index contributed by atoms with van der Waals surface area (Å²) < 4.78 is 2.31. The molecule has 3 heteroatoms. The maximum Gasteiger partial charge on any atom is 0.127 e. The third-order valence-corrected chi connectivity index (χ3v) is 4.61. The van der Waals surface area contributed by atoms with Crippen molar-refractivity contribution in [3.05, 3.63) is 29.6 Å². The van der Waals surface area contributed by atoms with Crippen LogP contribution >= 0.6 is 11.6 Å². The molecule has 0 saturated carbocycles. The average molecular weight is 293 g/mol. The van der Waals surface area contributed by atoms with Gasteiger partial charge in [0.15, 0.2) is 0 Å². The molecule has 0 saturated heterocycles. The second kappa shape index (κ2) is 5.40. The van der Waals surface area contributed by atoms with Crippen molar-refractivity contribution in [2.75, 3.05) is 0 Å². The van der Waals surface area contributed by atoms with Gasteiger partial charge in [-0.1, -0.05) is 33.8 Å². The number of hydrogen-bond donors (Lipinski definition) is 0. The number of imidazole rings is 1. The number of benzene rings is 1. The molecule has 0 bridgehead atoms. The van der Waals surface area contributed by atoms with E-state index in [9.17, 15) is 0 Å². The van der Waals surface area contributed by atoms with Crippen molar-refractivity contribution in [1.82, 2.24) is 9.55 Å². The highest BCUT2D eigenvalue weighted by Crippen LogP contribution is 2.33. The number of aryl methyl sites for hydroxylation is 1. The van der Waals surface area contributed by atoms with Crippen LogP contribution < -0.4 is 0 Å². The largest absolute Gasteiger partial charge is 0.326 e. The Labute approximate surface area is 127 Å². The summed E-state index contributed by atoms with van der Waals surface area (Å²) in [6.07, 6.45) is 0. The van der Waals surface area contributed by atoms with E-state index < -0.39 is 0 Å². The van der Waals surface area contributed by atoms with Gasteiger partial charge in [0.05, 0.1) is 16.4 Å².